The van der Waals surface area contributed by atoms with E-state index in [0.29, 0.717) is 5.56 Å². The van der Waals surface area contributed by atoms with Crippen LogP contribution in [0.3, 0.4) is 0 Å². The van der Waals surface area contributed by atoms with E-state index in [-0.39, 0.29) is 5.91 Å². The summed E-state index contributed by atoms with van der Waals surface area (Å²) in [6.45, 7) is 4.10. The maximum absolute atomic E-state index is 12.4. The Hall–Kier alpha value is -2.62. The van der Waals surface area contributed by atoms with Gasteiger partial charge in [0.05, 0.1) is 11.0 Å². The van der Waals surface area contributed by atoms with Gasteiger partial charge in [-0.2, -0.15) is 0 Å². The Morgan fingerprint density at radius 2 is 1.91 bits per heavy atom. The maximum atomic E-state index is 12.4. The SMILES string of the molecule is CCc1nc2cc(C(=O)Nc3ccc(C)cc3)ccc2n1C. The van der Waals surface area contributed by atoms with Crippen LogP contribution in [0.15, 0.2) is 42.5 Å². The zero-order valence-electron chi connectivity index (χ0n) is 13.1. The topological polar surface area (TPSA) is 46.9 Å². The minimum atomic E-state index is -0.116. The van der Waals surface area contributed by atoms with Crippen molar-refractivity contribution in [1.82, 2.24) is 9.55 Å². The first-order valence-corrected chi connectivity index (χ1v) is 7.42. The molecule has 2 aromatic carbocycles. The van der Waals surface area contributed by atoms with Crippen molar-refractivity contribution in [3.05, 3.63) is 59.4 Å². The van der Waals surface area contributed by atoms with Crippen LogP contribution < -0.4 is 5.32 Å². The Kier molecular flexibility index (Phi) is 3.67. The number of rotatable bonds is 3. The quantitative estimate of drug-likeness (QED) is 0.800. The van der Waals surface area contributed by atoms with Gasteiger partial charge in [0.15, 0.2) is 0 Å². The third-order valence-electron chi connectivity index (χ3n) is 3.86. The molecular formula is C18H19N3O. The Morgan fingerprint density at radius 1 is 1.18 bits per heavy atom. The first-order valence-electron chi connectivity index (χ1n) is 7.42. The van der Waals surface area contributed by atoms with Crippen LogP contribution >= 0.6 is 0 Å². The van der Waals surface area contributed by atoms with Gasteiger partial charge in [0.2, 0.25) is 0 Å². The van der Waals surface area contributed by atoms with E-state index in [2.05, 4.69) is 21.8 Å². The molecule has 4 heteroatoms. The van der Waals surface area contributed by atoms with Crippen molar-refractivity contribution < 1.29 is 4.79 Å². The molecule has 0 aliphatic carbocycles. The molecule has 112 valence electrons. The molecule has 0 spiro atoms. The van der Waals surface area contributed by atoms with E-state index in [1.54, 1.807) is 0 Å². The summed E-state index contributed by atoms with van der Waals surface area (Å²) in [4.78, 5) is 16.9. The number of anilines is 1. The summed E-state index contributed by atoms with van der Waals surface area (Å²) in [5.74, 6) is 0.903. The van der Waals surface area contributed by atoms with Crippen LogP contribution in [0.1, 0.15) is 28.7 Å². The highest BCUT2D eigenvalue weighted by Gasteiger charge is 2.11. The van der Waals surface area contributed by atoms with E-state index in [4.69, 9.17) is 0 Å². The highest BCUT2D eigenvalue weighted by molar-refractivity contribution is 6.05. The molecule has 1 heterocycles. The van der Waals surface area contributed by atoms with Crippen LogP contribution in [0, 0.1) is 6.92 Å². The van der Waals surface area contributed by atoms with E-state index in [0.717, 1.165) is 29.0 Å². The largest absolute Gasteiger partial charge is 0.331 e. The van der Waals surface area contributed by atoms with Crippen LogP contribution in [-0.4, -0.2) is 15.5 Å². The van der Waals surface area contributed by atoms with Crippen LogP contribution in [0.2, 0.25) is 0 Å². The summed E-state index contributed by atoms with van der Waals surface area (Å²) in [7, 11) is 2.00. The molecule has 22 heavy (non-hydrogen) atoms. The predicted octanol–water partition coefficient (Wildman–Crippen LogP) is 3.70. The Labute approximate surface area is 129 Å². The molecule has 0 radical (unpaired) electrons. The number of carbonyl (C=O) groups is 1. The highest BCUT2D eigenvalue weighted by atomic mass is 16.1. The summed E-state index contributed by atoms with van der Waals surface area (Å²) in [5, 5.41) is 2.91. The second-order valence-corrected chi connectivity index (χ2v) is 5.46. The van der Waals surface area contributed by atoms with Crippen molar-refractivity contribution in [3.63, 3.8) is 0 Å². The summed E-state index contributed by atoms with van der Waals surface area (Å²) in [6.07, 6.45) is 0.871. The molecule has 0 unspecified atom stereocenters. The van der Waals surface area contributed by atoms with Crippen LogP contribution in [0.5, 0.6) is 0 Å². The zero-order chi connectivity index (χ0) is 15.7. The average Bonchev–Trinajstić information content (AvgIpc) is 2.85. The number of aromatic nitrogens is 2. The van der Waals surface area contributed by atoms with Crippen molar-refractivity contribution in [3.8, 4) is 0 Å². The van der Waals surface area contributed by atoms with Crippen LogP contribution in [0.25, 0.3) is 11.0 Å². The maximum Gasteiger partial charge on any atom is 0.255 e. The van der Waals surface area contributed by atoms with E-state index in [1.165, 1.54) is 5.56 Å². The smallest absolute Gasteiger partial charge is 0.255 e. The van der Waals surface area contributed by atoms with Crippen molar-refractivity contribution in [2.75, 3.05) is 5.32 Å². The minimum absolute atomic E-state index is 0.116. The molecule has 1 amide bonds. The van der Waals surface area contributed by atoms with Gasteiger partial charge in [0.25, 0.3) is 5.91 Å². The Bertz CT molecular complexity index is 831. The van der Waals surface area contributed by atoms with E-state index in [1.807, 2.05) is 56.4 Å². The van der Waals surface area contributed by atoms with E-state index < -0.39 is 0 Å². The van der Waals surface area contributed by atoms with Crippen molar-refractivity contribution >= 4 is 22.6 Å². The third kappa shape index (κ3) is 2.60. The standard InChI is InChI=1S/C18H19N3O/c1-4-17-20-15-11-13(7-10-16(15)21(17)3)18(22)19-14-8-5-12(2)6-9-14/h5-11H,4H2,1-3H3,(H,19,22). The van der Waals surface area contributed by atoms with Gasteiger partial charge in [-0.25, -0.2) is 4.98 Å². The molecule has 3 rings (SSSR count). The molecule has 0 atom stereocenters. The molecule has 0 saturated carbocycles. The summed E-state index contributed by atoms with van der Waals surface area (Å²) < 4.78 is 2.07. The molecule has 4 nitrogen and oxygen atoms in total. The number of amides is 1. The number of aryl methyl sites for hydroxylation is 3. The summed E-state index contributed by atoms with van der Waals surface area (Å²) >= 11 is 0. The van der Waals surface area contributed by atoms with Crippen molar-refractivity contribution in [2.24, 2.45) is 7.05 Å². The van der Waals surface area contributed by atoms with Gasteiger partial charge in [-0.15, -0.1) is 0 Å². The van der Waals surface area contributed by atoms with Gasteiger partial charge < -0.3 is 9.88 Å². The lowest BCUT2D eigenvalue weighted by atomic mass is 10.1. The fraction of sp³-hybridized carbons (Fsp3) is 0.222. The van der Waals surface area contributed by atoms with Crippen molar-refractivity contribution in [1.29, 1.82) is 0 Å². The lowest BCUT2D eigenvalue weighted by molar-refractivity contribution is 0.102. The van der Waals surface area contributed by atoms with E-state index in [9.17, 15) is 4.79 Å². The number of nitrogens with zero attached hydrogens (tertiary/aromatic N) is 2. The second-order valence-electron chi connectivity index (χ2n) is 5.46. The lowest BCUT2D eigenvalue weighted by Crippen LogP contribution is -2.11. The lowest BCUT2D eigenvalue weighted by Gasteiger charge is -2.06. The number of hydrogen-bond donors (Lipinski definition) is 1. The van der Waals surface area contributed by atoms with Crippen molar-refractivity contribution in [2.45, 2.75) is 20.3 Å². The fourth-order valence-corrected chi connectivity index (χ4v) is 2.55. The molecule has 0 fully saturated rings. The number of imidazole rings is 1. The molecular weight excluding hydrogens is 274 g/mol. The van der Waals surface area contributed by atoms with Gasteiger partial charge >= 0.3 is 0 Å². The first kappa shape index (κ1) is 14.3. The number of hydrogen-bond acceptors (Lipinski definition) is 2. The summed E-state index contributed by atoms with van der Waals surface area (Å²) in [5.41, 5.74) is 4.49. The minimum Gasteiger partial charge on any atom is -0.331 e. The molecule has 0 saturated heterocycles. The number of carbonyl (C=O) groups excluding carboxylic acids is 1. The van der Waals surface area contributed by atoms with Gasteiger partial charge in [0, 0.05) is 24.7 Å². The highest BCUT2D eigenvalue weighted by Crippen LogP contribution is 2.18. The third-order valence-corrected chi connectivity index (χ3v) is 3.86. The molecule has 0 bridgehead atoms. The number of fused-ring (bicyclic) bond motifs is 1. The van der Waals surface area contributed by atoms with Crippen LogP contribution in [0.4, 0.5) is 5.69 Å². The Morgan fingerprint density at radius 3 is 2.59 bits per heavy atom. The van der Waals surface area contributed by atoms with Gasteiger partial charge in [-0.3, -0.25) is 4.79 Å². The van der Waals surface area contributed by atoms with E-state index >= 15 is 0 Å². The predicted molar refractivity (Wildman–Crippen MR) is 89.2 cm³/mol. The van der Waals surface area contributed by atoms with Gasteiger partial charge in [0.1, 0.15) is 5.82 Å². The molecule has 0 aliphatic heterocycles. The van der Waals surface area contributed by atoms with Gasteiger partial charge in [-0.1, -0.05) is 24.6 Å². The molecule has 1 aromatic heterocycles. The molecule has 3 aromatic rings. The molecule has 0 aliphatic rings. The van der Waals surface area contributed by atoms with Crippen LogP contribution in [-0.2, 0) is 13.5 Å². The zero-order valence-corrected chi connectivity index (χ0v) is 13.1. The second kappa shape index (κ2) is 5.64. The first-order chi connectivity index (χ1) is 10.6. The monoisotopic (exact) mass is 293 g/mol. The van der Waals surface area contributed by atoms with Gasteiger partial charge in [-0.05, 0) is 37.3 Å². The normalized spacial score (nSPS) is 10.9. The Balaban J connectivity index is 1.89. The average molecular weight is 293 g/mol. The number of nitrogens with one attached hydrogen (secondary N) is 1. The fourth-order valence-electron chi connectivity index (χ4n) is 2.55. The summed E-state index contributed by atoms with van der Waals surface area (Å²) in [6, 6.07) is 13.4. The molecule has 1 N–H and O–H groups in total. The number of benzene rings is 2.